The van der Waals surface area contributed by atoms with Crippen LogP contribution in [0.2, 0.25) is 0 Å². The van der Waals surface area contributed by atoms with E-state index in [2.05, 4.69) is 12.1 Å². The molecule has 0 spiro atoms. The maximum atomic E-state index is 11.1. The molecule has 2 nitrogen and oxygen atoms in total. The second kappa shape index (κ2) is 4.30. The quantitative estimate of drug-likeness (QED) is 0.749. The standard InChI is InChI=1S/C16H14O2/c1-11-2-3-14(10-17)15(8-11)12-4-5-16-13(9-12)6-7-18-16/h2-5,8-10H,6-7H2,1H3. The Morgan fingerprint density at radius 2 is 2.06 bits per heavy atom. The van der Waals surface area contributed by atoms with E-state index in [-0.39, 0.29) is 0 Å². The summed E-state index contributed by atoms with van der Waals surface area (Å²) in [5.41, 5.74) is 5.21. The first kappa shape index (κ1) is 11.0. The van der Waals surface area contributed by atoms with E-state index in [1.807, 2.05) is 31.2 Å². The summed E-state index contributed by atoms with van der Waals surface area (Å²) in [5.74, 6) is 0.971. The predicted molar refractivity (Wildman–Crippen MR) is 71.2 cm³/mol. The van der Waals surface area contributed by atoms with Crippen molar-refractivity contribution < 1.29 is 9.53 Å². The average molecular weight is 238 g/mol. The van der Waals surface area contributed by atoms with E-state index in [9.17, 15) is 4.79 Å². The molecule has 0 N–H and O–H groups in total. The Hall–Kier alpha value is -2.09. The van der Waals surface area contributed by atoms with Gasteiger partial charge < -0.3 is 4.74 Å². The van der Waals surface area contributed by atoms with Gasteiger partial charge in [0.1, 0.15) is 5.75 Å². The number of rotatable bonds is 2. The minimum absolute atomic E-state index is 0.736. The van der Waals surface area contributed by atoms with E-state index in [1.54, 1.807) is 0 Å². The third kappa shape index (κ3) is 1.80. The number of hydrogen-bond donors (Lipinski definition) is 0. The van der Waals surface area contributed by atoms with Crippen LogP contribution < -0.4 is 4.74 Å². The molecule has 2 aromatic carbocycles. The van der Waals surface area contributed by atoms with Crippen LogP contribution >= 0.6 is 0 Å². The lowest BCUT2D eigenvalue weighted by molar-refractivity contribution is 0.112. The van der Waals surface area contributed by atoms with Crippen molar-refractivity contribution in [1.29, 1.82) is 0 Å². The topological polar surface area (TPSA) is 26.3 Å². The molecule has 1 heterocycles. The van der Waals surface area contributed by atoms with Gasteiger partial charge in [-0.15, -0.1) is 0 Å². The molecule has 3 rings (SSSR count). The second-order valence-corrected chi connectivity index (χ2v) is 4.63. The number of aryl methyl sites for hydroxylation is 1. The highest BCUT2D eigenvalue weighted by molar-refractivity contribution is 5.88. The number of carbonyl (C=O) groups excluding carboxylic acids is 1. The fourth-order valence-corrected chi connectivity index (χ4v) is 2.38. The van der Waals surface area contributed by atoms with Crippen molar-refractivity contribution in [3.63, 3.8) is 0 Å². The van der Waals surface area contributed by atoms with Crippen molar-refractivity contribution in [2.24, 2.45) is 0 Å². The minimum atomic E-state index is 0.736. The van der Waals surface area contributed by atoms with Crippen LogP contribution in [0.1, 0.15) is 21.5 Å². The van der Waals surface area contributed by atoms with Gasteiger partial charge in [0.25, 0.3) is 0 Å². The van der Waals surface area contributed by atoms with Gasteiger partial charge >= 0.3 is 0 Å². The molecule has 1 aliphatic heterocycles. The first-order valence-corrected chi connectivity index (χ1v) is 6.10. The molecule has 18 heavy (non-hydrogen) atoms. The molecule has 1 aliphatic rings. The number of benzene rings is 2. The molecule has 0 unspecified atom stereocenters. The van der Waals surface area contributed by atoms with E-state index in [0.29, 0.717) is 0 Å². The Morgan fingerprint density at radius 1 is 1.17 bits per heavy atom. The van der Waals surface area contributed by atoms with E-state index in [0.717, 1.165) is 47.3 Å². The van der Waals surface area contributed by atoms with Crippen LogP contribution in [-0.4, -0.2) is 12.9 Å². The monoisotopic (exact) mass is 238 g/mol. The largest absolute Gasteiger partial charge is 0.493 e. The lowest BCUT2D eigenvalue weighted by Crippen LogP contribution is -1.89. The molecule has 90 valence electrons. The normalized spacial score (nSPS) is 12.9. The summed E-state index contributed by atoms with van der Waals surface area (Å²) in [5, 5.41) is 0. The third-order valence-corrected chi connectivity index (χ3v) is 3.34. The van der Waals surface area contributed by atoms with Gasteiger partial charge in [0.15, 0.2) is 6.29 Å². The molecule has 2 heteroatoms. The summed E-state index contributed by atoms with van der Waals surface area (Å²) < 4.78 is 5.50. The summed E-state index contributed by atoms with van der Waals surface area (Å²) in [7, 11) is 0. The van der Waals surface area contributed by atoms with Gasteiger partial charge in [0.05, 0.1) is 6.61 Å². The van der Waals surface area contributed by atoms with Gasteiger partial charge in [-0.2, -0.15) is 0 Å². The first-order chi connectivity index (χ1) is 8.78. The van der Waals surface area contributed by atoms with Gasteiger partial charge in [-0.1, -0.05) is 29.8 Å². The van der Waals surface area contributed by atoms with Crippen molar-refractivity contribution >= 4 is 6.29 Å². The molecule has 0 radical (unpaired) electrons. The number of ether oxygens (including phenoxy) is 1. The summed E-state index contributed by atoms with van der Waals surface area (Å²) in [6, 6.07) is 12.0. The fraction of sp³-hybridized carbons (Fsp3) is 0.188. The molecule has 0 saturated heterocycles. The Kier molecular flexibility index (Phi) is 2.63. The number of fused-ring (bicyclic) bond motifs is 1. The van der Waals surface area contributed by atoms with Gasteiger partial charge in [-0.3, -0.25) is 4.79 Å². The SMILES string of the molecule is Cc1ccc(C=O)c(-c2ccc3c(c2)CCO3)c1. The Morgan fingerprint density at radius 3 is 2.89 bits per heavy atom. The minimum Gasteiger partial charge on any atom is -0.493 e. The summed E-state index contributed by atoms with van der Waals surface area (Å²) >= 11 is 0. The lowest BCUT2D eigenvalue weighted by atomic mass is 9.96. The zero-order valence-corrected chi connectivity index (χ0v) is 10.3. The smallest absolute Gasteiger partial charge is 0.150 e. The fourth-order valence-electron chi connectivity index (χ4n) is 2.38. The number of hydrogen-bond acceptors (Lipinski definition) is 2. The summed E-state index contributed by atoms with van der Waals surface area (Å²) in [6.07, 6.45) is 1.86. The van der Waals surface area contributed by atoms with Gasteiger partial charge in [0.2, 0.25) is 0 Å². The second-order valence-electron chi connectivity index (χ2n) is 4.63. The molecule has 2 aromatic rings. The van der Waals surface area contributed by atoms with Crippen molar-refractivity contribution in [2.75, 3.05) is 6.61 Å². The molecule has 0 amide bonds. The molecule has 0 aromatic heterocycles. The van der Waals surface area contributed by atoms with Gasteiger partial charge in [-0.25, -0.2) is 0 Å². The Bertz CT molecular complexity index is 614. The average Bonchev–Trinajstić information content (AvgIpc) is 2.85. The maximum Gasteiger partial charge on any atom is 0.150 e. The Labute approximate surface area is 106 Å². The highest BCUT2D eigenvalue weighted by Crippen LogP contribution is 2.32. The lowest BCUT2D eigenvalue weighted by Gasteiger charge is -2.08. The van der Waals surface area contributed by atoms with E-state index in [1.165, 1.54) is 5.56 Å². The zero-order chi connectivity index (χ0) is 12.5. The summed E-state index contributed by atoms with van der Waals surface area (Å²) in [6.45, 7) is 2.79. The zero-order valence-electron chi connectivity index (χ0n) is 10.3. The van der Waals surface area contributed by atoms with Crippen LogP contribution in [0.3, 0.4) is 0 Å². The van der Waals surface area contributed by atoms with Crippen LogP contribution in [0.25, 0.3) is 11.1 Å². The highest BCUT2D eigenvalue weighted by Gasteiger charge is 2.13. The van der Waals surface area contributed by atoms with Gasteiger partial charge in [0, 0.05) is 12.0 Å². The van der Waals surface area contributed by atoms with Crippen LogP contribution in [-0.2, 0) is 6.42 Å². The van der Waals surface area contributed by atoms with Crippen LogP contribution in [0, 0.1) is 6.92 Å². The molecular weight excluding hydrogens is 224 g/mol. The molecule has 0 atom stereocenters. The van der Waals surface area contributed by atoms with E-state index >= 15 is 0 Å². The Balaban J connectivity index is 2.14. The van der Waals surface area contributed by atoms with E-state index in [4.69, 9.17) is 4.74 Å². The van der Waals surface area contributed by atoms with Crippen LogP contribution in [0.4, 0.5) is 0 Å². The van der Waals surface area contributed by atoms with Crippen molar-refractivity contribution in [2.45, 2.75) is 13.3 Å². The van der Waals surface area contributed by atoms with Crippen molar-refractivity contribution in [3.8, 4) is 16.9 Å². The predicted octanol–water partition coefficient (Wildman–Crippen LogP) is 3.41. The maximum absolute atomic E-state index is 11.1. The molecular formula is C16H14O2. The van der Waals surface area contributed by atoms with Crippen LogP contribution in [0.15, 0.2) is 36.4 Å². The number of carbonyl (C=O) groups is 1. The molecule has 0 aliphatic carbocycles. The van der Waals surface area contributed by atoms with Gasteiger partial charge in [-0.05, 0) is 35.7 Å². The van der Waals surface area contributed by atoms with Crippen molar-refractivity contribution in [3.05, 3.63) is 53.1 Å². The van der Waals surface area contributed by atoms with Crippen LogP contribution in [0.5, 0.6) is 5.75 Å². The highest BCUT2D eigenvalue weighted by atomic mass is 16.5. The van der Waals surface area contributed by atoms with E-state index < -0.39 is 0 Å². The molecule has 0 fully saturated rings. The van der Waals surface area contributed by atoms with Crippen molar-refractivity contribution in [1.82, 2.24) is 0 Å². The first-order valence-electron chi connectivity index (χ1n) is 6.10. The summed E-state index contributed by atoms with van der Waals surface area (Å²) in [4.78, 5) is 11.1. The third-order valence-electron chi connectivity index (χ3n) is 3.34. The number of aldehydes is 1. The molecule has 0 saturated carbocycles. The molecule has 0 bridgehead atoms.